The molecule has 10 heavy (non-hydrogen) atoms. The molecule has 0 radical (unpaired) electrons. The van der Waals surface area contributed by atoms with E-state index >= 15 is 0 Å². The van der Waals surface area contributed by atoms with Gasteiger partial charge in [0.1, 0.15) is 0 Å². The van der Waals surface area contributed by atoms with Gasteiger partial charge in [-0.05, 0) is 0 Å². The number of rotatable bonds is 0. The third kappa shape index (κ3) is 436. The van der Waals surface area contributed by atoms with Crippen LogP contribution >= 0.6 is 0 Å². The summed E-state index contributed by atoms with van der Waals surface area (Å²) in [6.45, 7) is 5.96. The summed E-state index contributed by atoms with van der Waals surface area (Å²) in [6, 6.07) is 0.0833. The average molecular weight is 368 g/mol. The maximum Gasteiger partial charge on any atom is 4.00 e. The van der Waals surface area contributed by atoms with Gasteiger partial charge in [0.15, 0.2) is 0 Å². The molecule has 2 nitrogen and oxygen atoms in total. The smallest absolute Gasteiger partial charge is 1.00 e. The summed E-state index contributed by atoms with van der Waals surface area (Å²) in [5.41, 5.74) is 12.8. The zero-order valence-corrected chi connectivity index (χ0v) is 10.1. The maximum absolute atomic E-state index is 6.58. The molecule has 0 saturated heterocycles. The Morgan fingerprint density at radius 2 is 1.20 bits per heavy atom. The van der Waals surface area contributed by atoms with Gasteiger partial charge in [-0.15, -0.1) is 6.04 Å². The van der Waals surface area contributed by atoms with Crippen LogP contribution in [0.25, 0.3) is 11.5 Å². The Bertz CT molecular complexity index is 28.9. The van der Waals surface area contributed by atoms with Crippen LogP contribution in [0.3, 0.4) is 0 Å². The van der Waals surface area contributed by atoms with Gasteiger partial charge in [-0.25, -0.2) is 0 Å². The minimum absolute atomic E-state index is 0. The summed E-state index contributed by atoms with van der Waals surface area (Å²) >= 11 is 0. The average Bonchev–Trinajstić information content (AvgIpc) is 1.33. The van der Waals surface area contributed by atoms with E-state index in [2.05, 4.69) is 0 Å². The molecule has 0 bridgehead atoms. The van der Waals surface area contributed by atoms with Crippen LogP contribution in [-0.2, 0) is 21.1 Å². The topological polar surface area (TPSA) is 47.6 Å². The van der Waals surface area contributed by atoms with E-state index < -0.39 is 0 Å². The Morgan fingerprint density at radius 1 is 1.20 bits per heavy atom. The molecule has 0 aliphatic rings. The van der Waals surface area contributed by atoms with E-state index in [9.17, 15) is 0 Å². The molecule has 0 unspecified atom stereocenters. The second-order valence-electron chi connectivity index (χ2n) is 1.51. The van der Waals surface area contributed by atoms with Crippen molar-refractivity contribution in [1.82, 2.24) is 0 Å². The summed E-state index contributed by atoms with van der Waals surface area (Å²) in [6.07, 6.45) is 0. The maximum atomic E-state index is 6.58. The monoisotopic (exact) mass is 367 g/mol. The first-order valence-corrected chi connectivity index (χ1v) is 2.50. The van der Waals surface area contributed by atoms with Crippen LogP contribution in [0.15, 0.2) is 0 Å². The normalized spacial score (nSPS) is 5.40. The SMILES string of the molecule is CC(C)[NH-].CC[NH-].[Cl-].[Cl-].[Pt+4]. The van der Waals surface area contributed by atoms with Crippen LogP contribution < -0.4 is 24.8 Å². The van der Waals surface area contributed by atoms with Crippen molar-refractivity contribution >= 4 is 0 Å². The first-order valence-electron chi connectivity index (χ1n) is 2.50. The Kier molecular flexibility index (Phi) is 96.9. The Labute approximate surface area is 90.6 Å². The molecule has 0 aromatic carbocycles. The van der Waals surface area contributed by atoms with Crippen LogP contribution in [0.2, 0.25) is 0 Å². The number of nitrogens with one attached hydrogen (secondary N) is 2. The van der Waals surface area contributed by atoms with Gasteiger partial charge in [0.05, 0.1) is 0 Å². The molecule has 0 heterocycles. The van der Waals surface area contributed by atoms with E-state index in [1.165, 1.54) is 0 Å². The number of halogens is 2. The van der Waals surface area contributed by atoms with Crippen molar-refractivity contribution < 1.29 is 45.9 Å². The van der Waals surface area contributed by atoms with Gasteiger partial charge in [-0.3, -0.25) is 0 Å². The van der Waals surface area contributed by atoms with Crippen molar-refractivity contribution in [1.29, 1.82) is 0 Å². The van der Waals surface area contributed by atoms with Gasteiger partial charge < -0.3 is 36.3 Å². The summed E-state index contributed by atoms with van der Waals surface area (Å²) in [5.74, 6) is 0. The molecular weight excluding hydrogens is 354 g/mol. The summed E-state index contributed by atoms with van der Waals surface area (Å²) in [7, 11) is 0. The molecule has 0 amide bonds. The predicted octanol–water partition coefficient (Wildman–Crippen LogP) is -3.49. The third-order valence-corrected chi connectivity index (χ3v) is 0. The zero-order valence-electron chi connectivity index (χ0n) is 6.36. The second kappa shape index (κ2) is 32.0. The molecule has 68 valence electrons. The predicted molar refractivity (Wildman–Crippen MR) is 34.3 cm³/mol. The standard InChI is InChI=1S/C3H8N.C2H6N.2ClH.Pt/c1-3(2)4;1-2-3;;;/h3-4H,1-2H3;3H,2H2,1H3;2*1H;/q2*-1;;;+4/p-2. The van der Waals surface area contributed by atoms with Crippen molar-refractivity contribution in [2.45, 2.75) is 26.8 Å². The van der Waals surface area contributed by atoms with Crippen molar-refractivity contribution in [3.05, 3.63) is 11.5 Å². The minimum atomic E-state index is 0. The molecule has 0 aromatic rings. The van der Waals surface area contributed by atoms with Gasteiger partial charge >= 0.3 is 21.1 Å². The molecule has 0 spiro atoms. The summed E-state index contributed by atoms with van der Waals surface area (Å²) in [5, 5.41) is 0. The van der Waals surface area contributed by atoms with E-state index in [4.69, 9.17) is 11.5 Å². The molecule has 0 aromatic heterocycles. The van der Waals surface area contributed by atoms with Gasteiger partial charge in [-0.2, -0.15) is 6.54 Å². The van der Waals surface area contributed by atoms with Crippen molar-refractivity contribution in [2.75, 3.05) is 6.54 Å². The fourth-order valence-electron chi connectivity index (χ4n) is 0. The van der Waals surface area contributed by atoms with E-state index in [0.29, 0.717) is 6.54 Å². The quantitative estimate of drug-likeness (QED) is 0.427. The van der Waals surface area contributed by atoms with Gasteiger partial charge in [0, 0.05) is 0 Å². The van der Waals surface area contributed by atoms with Gasteiger partial charge in [-0.1, -0.05) is 20.8 Å². The van der Waals surface area contributed by atoms with Crippen LogP contribution in [0, 0.1) is 0 Å². The zero-order chi connectivity index (χ0) is 6.28. The van der Waals surface area contributed by atoms with Crippen LogP contribution in [0.5, 0.6) is 0 Å². The molecule has 0 aliphatic heterocycles. The van der Waals surface area contributed by atoms with Gasteiger partial charge in [0.25, 0.3) is 0 Å². The van der Waals surface area contributed by atoms with E-state index in [1.54, 1.807) is 6.92 Å². The molecule has 2 N–H and O–H groups in total. The first-order chi connectivity index (χ1) is 3.15. The van der Waals surface area contributed by atoms with Crippen molar-refractivity contribution in [2.24, 2.45) is 0 Å². The molecule has 0 aliphatic carbocycles. The van der Waals surface area contributed by atoms with E-state index in [-0.39, 0.29) is 51.9 Å². The van der Waals surface area contributed by atoms with Crippen molar-refractivity contribution in [3.63, 3.8) is 0 Å². The molecule has 0 atom stereocenters. The fourth-order valence-corrected chi connectivity index (χ4v) is 0. The van der Waals surface area contributed by atoms with Crippen molar-refractivity contribution in [3.8, 4) is 0 Å². The Balaban J connectivity index is -0.0000000131. The largest absolute Gasteiger partial charge is 4.00 e. The number of hydrogen-bond acceptors (Lipinski definition) is 0. The Morgan fingerprint density at radius 3 is 1.20 bits per heavy atom. The van der Waals surface area contributed by atoms with Crippen LogP contribution in [0.4, 0.5) is 0 Å². The number of hydrogen-bond donors (Lipinski definition) is 0. The molecular formula is C5H14Cl2N2Pt. The Hall–Kier alpha value is 1.19. The van der Waals surface area contributed by atoms with Crippen LogP contribution in [0.1, 0.15) is 20.8 Å². The summed E-state index contributed by atoms with van der Waals surface area (Å²) < 4.78 is 0. The molecule has 5 heteroatoms. The van der Waals surface area contributed by atoms with E-state index in [1.807, 2.05) is 13.8 Å². The molecule has 0 saturated carbocycles. The second-order valence-corrected chi connectivity index (χ2v) is 1.51. The fraction of sp³-hybridized carbons (Fsp3) is 1.00. The minimum Gasteiger partial charge on any atom is -1.00 e. The van der Waals surface area contributed by atoms with Crippen LogP contribution in [-0.4, -0.2) is 12.6 Å². The molecule has 0 rings (SSSR count). The molecule has 0 fully saturated rings. The summed E-state index contributed by atoms with van der Waals surface area (Å²) in [4.78, 5) is 0. The van der Waals surface area contributed by atoms with Gasteiger partial charge in [0.2, 0.25) is 0 Å². The first kappa shape index (κ1) is 30.3. The third-order valence-electron chi connectivity index (χ3n) is 0. The van der Waals surface area contributed by atoms with E-state index in [0.717, 1.165) is 0 Å².